The molecule has 1 fully saturated rings. The third-order valence-electron chi connectivity index (χ3n) is 4.95. The zero-order valence-electron chi connectivity index (χ0n) is 16.4. The SMILES string of the molecule is COc1ccnc(N2CCN(C(=O)c3c(-c4c(F)cccc4Cl)noc3C)CC2)n1. The Balaban J connectivity index is 1.55. The van der Waals surface area contributed by atoms with Crippen LogP contribution in [0.4, 0.5) is 10.3 Å². The van der Waals surface area contributed by atoms with Gasteiger partial charge in [0.25, 0.3) is 5.91 Å². The minimum atomic E-state index is -0.565. The van der Waals surface area contributed by atoms with Gasteiger partial charge in [-0.3, -0.25) is 4.79 Å². The molecule has 3 heterocycles. The molecule has 1 aliphatic rings. The number of rotatable bonds is 4. The third kappa shape index (κ3) is 3.68. The molecule has 1 amide bonds. The van der Waals surface area contributed by atoms with Crippen LogP contribution in [0.2, 0.25) is 5.02 Å². The number of methoxy groups -OCH3 is 1. The minimum Gasteiger partial charge on any atom is -0.481 e. The predicted octanol–water partition coefficient (Wildman–Crippen LogP) is 3.20. The van der Waals surface area contributed by atoms with Crippen molar-refractivity contribution < 1.29 is 18.4 Å². The van der Waals surface area contributed by atoms with Gasteiger partial charge in [-0.05, 0) is 19.1 Å². The molecule has 0 N–H and O–H groups in total. The first-order chi connectivity index (χ1) is 14.5. The Morgan fingerprint density at radius 1 is 1.23 bits per heavy atom. The van der Waals surface area contributed by atoms with Crippen molar-refractivity contribution >= 4 is 23.5 Å². The van der Waals surface area contributed by atoms with Crippen molar-refractivity contribution in [3.63, 3.8) is 0 Å². The van der Waals surface area contributed by atoms with E-state index < -0.39 is 5.82 Å². The summed E-state index contributed by atoms with van der Waals surface area (Å²) in [6, 6.07) is 5.99. The van der Waals surface area contributed by atoms with E-state index in [0.717, 1.165) is 0 Å². The number of piperazine rings is 1. The monoisotopic (exact) mass is 431 g/mol. The Kier molecular flexibility index (Phi) is 5.54. The van der Waals surface area contributed by atoms with E-state index in [9.17, 15) is 9.18 Å². The second kappa shape index (κ2) is 8.27. The molecule has 0 atom stereocenters. The van der Waals surface area contributed by atoms with Crippen LogP contribution >= 0.6 is 11.6 Å². The average molecular weight is 432 g/mol. The number of amides is 1. The van der Waals surface area contributed by atoms with E-state index in [1.807, 2.05) is 4.90 Å². The molecule has 0 spiro atoms. The molecule has 0 unspecified atom stereocenters. The Hall–Kier alpha value is -3.20. The molecule has 30 heavy (non-hydrogen) atoms. The maximum Gasteiger partial charge on any atom is 0.259 e. The van der Waals surface area contributed by atoms with Crippen molar-refractivity contribution in [2.75, 3.05) is 38.2 Å². The number of hydrogen-bond acceptors (Lipinski definition) is 7. The Morgan fingerprint density at radius 3 is 2.70 bits per heavy atom. The van der Waals surface area contributed by atoms with Gasteiger partial charge < -0.3 is 19.1 Å². The van der Waals surface area contributed by atoms with E-state index in [1.54, 1.807) is 37.3 Å². The van der Waals surface area contributed by atoms with Gasteiger partial charge in [-0.2, -0.15) is 4.98 Å². The molecule has 8 nitrogen and oxygen atoms in total. The summed E-state index contributed by atoms with van der Waals surface area (Å²) >= 11 is 6.17. The number of benzene rings is 1. The number of nitrogens with zero attached hydrogens (tertiary/aromatic N) is 5. The van der Waals surface area contributed by atoms with Crippen LogP contribution in [0, 0.1) is 12.7 Å². The molecule has 1 aromatic carbocycles. The number of ether oxygens (including phenoxy) is 1. The molecule has 4 rings (SSSR count). The summed E-state index contributed by atoms with van der Waals surface area (Å²) in [6.45, 7) is 3.58. The van der Waals surface area contributed by atoms with Crippen molar-refractivity contribution in [3.8, 4) is 17.1 Å². The largest absolute Gasteiger partial charge is 0.481 e. The Bertz CT molecular complexity index is 1060. The fourth-order valence-corrected chi connectivity index (χ4v) is 3.64. The van der Waals surface area contributed by atoms with Gasteiger partial charge in [0.1, 0.15) is 22.8 Å². The molecule has 1 saturated heterocycles. The van der Waals surface area contributed by atoms with Gasteiger partial charge in [-0.15, -0.1) is 0 Å². The highest BCUT2D eigenvalue weighted by Gasteiger charge is 2.31. The fourth-order valence-electron chi connectivity index (χ4n) is 3.38. The second-order valence-electron chi connectivity index (χ2n) is 6.74. The lowest BCUT2D eigenvalue weighted by Crippen LogP contribution is -2.49. The van der Waals surface area contributed by atoms with E-state index in [4.69, 9.17) is 20.9 Å². The number of aromatic nitrogens is 3. The summed E-state index contributed by atoms with van der Waals surface area (Å²) in [5, 5.41) is 4.08. The molecule has 3 aromatic rings. The van der Waals surface area contributed by atoms with Crippen LogP contribution in [-0.4, -0.2) is 59.2 Å². The second-order valence-corrected chi connectivity index (χ2v) is 7.14. The lowest BCUT2D eigenvalue weighted by molar-refractivity contribution is 0.0745. The van der Waals surface area contributed by atoms with Crippen LogP contribution in [0.25, 0.3) is 11.3 Å². The third-order valence-corrected chi connectivity index (χ3v) is 5.27. The van der Waals surface area contributed by atoms with Gasteiger partial charge in [0.2, 0.25) is 11.8 Å². The first-order valence-electron chi connectivity index (χ1n) is 9.31. The summed E-state index contributed by atoms with van der Waals surface area (Å²) in [5.41, 5.74) is 0.384. The Morgan fingerprint density at radius 2 is 2.00 bits per heavy atom. The van der Waals surface area contributed by atoms with Crippen molar-refractivity contribution in [1.82, 2.24) is 20.0 Å². The van der Waals surface area contributed by atoms with Crippen LogP contribution in [0.3, 0.4) is 0 Å². The zero-order valence-corrected chi connectivity index (χ0v) is 17.2. The average Bonchev–Trinajstić information content (AvgIpc) is 3.14. The highest BCUT2D eigenvalue weighted by atomic mass is 35.5. The van der Waals surface area contributed by atoms with Crippen molar-refractivity contribution in [2.24, 2.45) is 0 Å². The molecule has 0 aliphatic carbocycles. The lowest BCUT2D eigenvalue weighted by Gasteiger charge is -2.34. The molecular formula is C20H19ClFN5O3. The number of aryl methyl sites for hydroxylation is 1. The first-order valence-corrected chi connectivity index (χ1v) is 9.69. The summed E-state index contributed by atoms with van der Waals surface area (Å²) in [7, 11) is 1.55. The van der Waals surface area contributed by atoms with Crippen molar-refractivity contribution in [1.29, 1.82) is 0 Å². The molecule has 10 heteroatoms. The van der Waals surface area contributed by atoms with Gasteiger partial charge in [0, 0.05) is 38.4 Å². The molecule has 0 radical (unpaired) electrons. The van der Waals surface area contributed by atoms with E-state index in [0.29, 0.717) is 43.8 Å². The highest BCUT2D eigenvalue weighted by molar-refractivity contribution is 6.33. The number of halogens is 2. The normalized spacial score (nSPS) is 14.1. The molecule has 1 aliphatic heterocycles. The van der Waals surface area contributed by atoms with E-state index in [-0.39, 0.29) is 27.8 Å². The quantitative estimate of drug-likeness (QED) is 0.627. The minimum absolute atomic E-state index is 0.0581. The van der Waals surface area contributed by atoms with Crippen molar-refractivity contribution in [2.45, 2.75) is 6.92 Å². The van der Waals surface area contributed by atoms with Gasteiger partial charge in [-0.25, -0.2) is 9.37 Å². The number of hydrogen-bond donors (Lipinski definition) is 0. The van der Waals surface area contributed by atoms with E-state index >= 15 is 0 Å². The van der Waals surface area contributed by atoms with Crippen molar-refractivity contribution in [3.05, 3.63) is 52.6 Å². The summed E-state index contributed by atoms with van der Waals surface area (Å²) < 4.78 is 24.8. The highest BCUT2D eigenvalue weighted by Crippen LogP contribution is 2.34. The summed E-state index contributed by atoms with van der Waals surface area (Å²) in [6.07, 6.45) is 1.63. The van der Waals surface area contributed by atoms with Crippen LogP contribution < -0.4 is 9.64 Å². The molecule has 0 saturated carbocycles. The van der Waals surface area contributed by atoms with Gasteiger partial charge in [0.05, 0.1) is 17.7 Å². The first kappa shape index (κ1) is 20.1. The van der Waals surface area contributed by atoms with Gasteiger partial charge in [0.15, 0.2) is 0 Å². The fraction of sp³-hybridized carbons (Fsp3) is 0.300. The van der Waals surface area contributed by atoms with E-state index in [1.165, 1.54) is 12.1 Å². The Labute approximate surface area is 177 Å². The van der Waals surface area contributed by atoms with Crippen LogP contribution in [0.15, 0.2) is 35.0 Å². The predicted molar refractivity (Wildman–Crippen MR) is 108 cm³/mol. The number of carbonyl (C=O) groups is 1. The maximum atomic E-state index is 14.4. The van der Waals surface area contributed by atoms with Crippen LogP contribution in [0.1, 0.15) is 16.1 Å². The smallest absolute Gasteiger partial charge is 0.259 e. The molecular weight excluding hydrogens is 413 g/mol. The lowest BCUT2D eigenvalue weighted by atomic mass is 10.0. The number of carbonyl (C=O) groups excluding carboxylic acids is 1. The summed E-state index contributed by atoms with van der Waals surface area (Å²) in [4.78, 5) is 25.5. The van der Waals surface area contributed by atoms with Crippen LogP contribution in [0.5, 0.6) is 5.88 Å². The topological polar surface area (TPSA) is 84.6 Å². The molecule has 156 valence electrons. The summed E-state index contributed by atoms with van der Waals surface area (Å²) in [5.74, 6) is 0.485. The number of anilines is 1. The van der Waals surface area contributed by atoms with Gasteiger partial charge in [-0.1, -0.05) is 22.8 Å². The molecule has 0 bridgehead atoms. The maximum absolute atomic E-state index is 14.4. The standard InChI is InChI=1S/C20H19ClFN5O3/c1-12-16(18(25-30-12)17-13(21)4-3-5-14(17)22)19(28)26-8-10-27(11-9-26)20-23-7-6-15(24-20)29-2/h3-7H,8-11H2,1-2H3. The van der Waals surface area contributed by atoms with Gasteiger partial charge >= 0.3 is 0 Å². The molecule has 2 aromatic heterocycles. The van der Waals surface area contributed by atoms with Crippen LogP contribution in [-0.2, 0) is 0 Å². The van der Waals surface area contributed by atoms with E-state index in [2.05, 4.69) is 15.1 Å². The zero-order chi connectivity index (χ0) is 21.3.